The fraction of sp³-hybridized carbons (Fsp3) is 0.500. The number of rotatable bonds is 2. The highest BCUT2D eigenvalue weighted by molar-refractivity contribution is 5.96. The summed E-state index contributed by atoms with van der Waals surface area (Å²) >= 11 is 0. The van der Waals surface area contributed by atoms with Gasteiger partial charge in [0.2, 0.25) is 0 Å². The van der Waals surface area contributed by atoms with Gasteiger partial charge in [-0.1, -0.05) is 0 Å². The van der Waals surface area contributed by atoms with Crippen LogP contribution >= 0.6 is 0 Å². The summed E-state index contributed by atoms with van der Waals surface area (Å²) in [5, 5.41) is 4.23. The average molecular weight is 204 g/mol. The van der Waals surface area contributed by atoms with Gasteiger partial charge >= 0.3 is 0 Å². The molecule has 0 aromatic carbocycles. The molecule has 0 spiro atoms. The number of nitrogens with zero attached hydrogens (tertiary/aromatic N) is 2. The second kappa shape index (κ2) is 4.43. The second-order valence-electron chi connectivity index (χ2n) is 3.88. The lowest BCUT2D eigenvalue weighted by atomic mass is 10.1. The molecule has 0 aliphatic heterocycles. The van der Waals surface area contributed by atoms with Crippen molar-refractivity contribution in [2.75, 3.05) is 0 Å². The van der Waals surface area contributed by atoms with Crippen molar-refractivity contribution in [3.63, 3.8) is 0 Å². The molecule has 0 fully saturated rings. The Morgan fingerprint density at radius 3 is 3.00 bits per heavy atom. The third-order valence-electron chi connectivity index (χ3n) is 2.80. The smallest absolute Gasteiger partial charge is 0.156 e. The van der Waals surface area contributed by atoms with E-state index in [4.69, 9.17) is 0 Å². The van der Waals surface area contributed by atoms with E-state index in [2.05, 4.69) is 12.0 Å². The molecule has 0 saturated carbocycles. The maximum Gasteiger partial charge on any atom is 0.156 e. The van der Waals surface area contributed by atoms with Crippen LogP contribution in [-0.4, -0.2) is 15.6 Å². The number of aromatic nitrogens is 2. The van der Waals surface area contributed by atoms with E-state index in [-0.39, 0.29) is 5.78 Å². The Balaban J connectivity index is 2.32. The van der Waals surface area contributed by atoms with Crippen molar-refractivity contribution in [1.82, 2.24) is 9.78 Å². The molecule has 80 valence electrons. The number of allylic oxidation sites excluding steroid dienone is 2. The first-order valence-electron chi connectivity index (χ1n) is 5.57. The molecule has 3 nitrogen and oxygen atoms in total. The van der Waals surface area contributed by atoms with Crippen LogP contribution in [0.2, 0.25) is 0 Å². The van der Waals surface area contributed by atoms with E-state index in [1.54, 1.807) is 12.3 Å². The number of aryl methyl sites for hydroxylation is 1. The Kier molecular flexibility index (Phi) is 2.99. The van der Waals surface area contributed by atoms with Crippen LogP contribution in [0.5, 0.6) is 0 Å². The van der Waals surface area contributed by atoms with Gasteiger partial charge in [0.25, 0.3) is 0 Å². The Labute approximate surface area is 89.8 Å². The highest BCUT2D eigenvalue weighted by atomic mass is 16.1. The van der Waals surface area contributed by atoms with Crippen LogP contribution in [0, 0.1) is 0 Å². The van der Waals surface area contributed by atoms with Gasteiger partial charge in [-0.2, -0.15) is 5.10 Å². The summed E-state index contributed by atoms with van der Waals surface area (Å²) in [5.74, 6) is 0.256. The van der Waals surface area contributed by atoms with Crippen LogP contribution in [0.15, 0.2) is 18.3 Å². The van der Waals surface area contributed by atoms with Crippen molar-refractivity contribution in [1.29, 1.82) is 0 Å². The lowest BCUT2D eigenvalue weighted by Gasteiger charge is -2.07. The predicted molar refractivity (Wildman–Crippen MR) is 59.4 cm³/mol. The van der Waals surface area contributed by atoms with Gasteiger partial charge in [-0.05, 0) is 43.9 Å². The molecule has 1 aromatic rings. The molecule has 1 aromatic heterocycles. The van der Waals surface area contributed by atoms with E-state index < -0.39 is 0 Å². The molecule has 0 amide bonds. The summed E-state index contributed by atoms with van der Waals surface area (Å²) in [5.41, 5.74) is 2.25. The second-order valence-corrected chi connectivity index (χ2v) is 3.88. The third-order valence-corrected chi connectivity index (χ3v) is 2.80. The van der Waals surface area contributed by atoms with Gasteiger partial charge in [0, 0.05) is 19.2 Å². The number of hydrogen-bond donors (Lipinski definition) is 0. The van der Waals surface area contributed by atoms with Gasteiger partial charge in [0.05, 0.1) is 5.69 Å². The zero-order valence-corrected chi connectivity index (χ0v) is 9.07. The number of hydrogen-bond acceptors (Lipinski definition) is 2. The predicted octanol–water partition coefficient (Wildman–Crippen LogP) is 2.43. The van der Waals surface area contributed by atoms with Crippen LogP contribution < -0.4 is 0 Å². The van der Waals surface area contributed by atoms with Crippen LogP contribution in [-0.2, 0) is 11.3 Å². The molecule has 15 heavy (non-hydrogen) atoms. The van der Waals surface area contributed by atoms with E-state index in [1.807, 2.05) is 10.7 Å². The van der Waals surface area contributed by atoms with E-state index in [9.17, 15) is 4.79 Å². The van der Waals surface area contributed by atoms with Crippen molar-refractivity contribution in [3.8, 4) is 0 Å². The highest BCUT2D eigenvalue weighted by Crippen LogP contribution is 2.24. The van der Waals surface area contributed by atoms with Gasteiger partial charge in [0.1, 0.15) is 0 Å². The fourth-order valence-electron chi connectivity index (χ4n) is 2.01. The number of carbonyl (C=O) groups is 1. The molecule has 0 unspecified atom stereocenters. The fourth-order valence-corrected chi connectivity index (χ4v) is 2.01. The summed E-state index contributed by atoms with van der Waals surface area (Å²) < 4.78 is 1.95. The Hall–Kier alpha value is -1.38. The first-order chi connectivity index (χ1) is 7.31. The lowest BCUT2D eigenvalue weighted by molar-refractivity contribution is -0.114. The first kappa shape index (κ1) is 10.1. The quantitative estimate of drug-likeness (QED) is 0.741. The van der Waals surface area contributed by atoms with Gasteiger partial charge in [-0.25, -0.2) is 0 Å². The van der Waals surface area contributed by atoms with Gasteiger partial charge in [0.15, 0.2) is 5.78 Å². The molecular formula is C12H16N2O. The minimum absolute atomic E-state index is 0.256. The maximum atomic E-state index is 11.5. The van der Waals surface area contributed by atoms with Crippen molar-refractivity contribution in [3.05, 3.63) is 24.0 Å². The molecule has 0 N–H and O–H groups in total. The van der Waals surface area contributed by atoms with Gasteiger partial charge in [-0.3, -0.25) is 9.48 Å². The zero-order chi connectivity index (χ0) is 10.7. The number of carbonyl (C=O) groups excluding carboxylic acids is 1. The van der Waals surface area contributed by atoms with Crippen molar-refractivity contribution in [2.24, 2.45) is 0 Å². The molecule has 0 radical (unpaired) electrons. The average Bonchev–Trinajstić information content (AvgIpc) is 2.61. The molecule has 0 saturated heterocycles. The van der Waals surface area contributed by atoms with Gasteiger partial charge < -0.3 is 0 Å². The molecule has 0 bridgehead atoms. The van der Waals surface area contributed by atoms with Crippen molar-refractivity contribution in [2.45, 2.75) is 39.2 Å². The van der Waals surface area contributed by atoms with Crippen molar-refractivity contribution < 1.29 is 4.79 Å². The molecular weight excluding hydrogens is 188 g/mol. The molecule has 0 atom stereocenters. The Morgan fingerprint density at radius 1 is 1.40 bits per heavy atom. The lowest BCUT2D eigenvalue weighted by Crippen LogP contribution is -2.02. The first-order valence-corrected chi connectivity index (χ1v) is 5.57. The molecule has 1 aliphatic carbocycles. The monoisotopic (exact) mass is 204 g/mol. The zero-order valence-electron chi connectivity index (χ0n) is 9.07. The third kappa shape index (κ3) is 2.17. The van der Waals surface area contributed by atoms with Gasteiger partial charge in [-0.15, -0.1) is 0 Å². The minimum atomic E-state index is 0.256. The summed E-state index contributed by atoms with van der Waals surface area (Å²) in [6.07, 6.45) is 7.41. The normalized spacial score (nSPS) is 17.4. The largest absolute Gasteiger partial charge is 0.295 e. The summed E-state index contributed by atoms with van der Waals surface area (Å²) in [6.45, 7) is 2.92. The van der Waals surface area contributed by atoms with E-state index >= 15 is 0 Å². The summed E-state index contributed by atoms with van der Waals surface area (Å²) in [6, 6.07) is 1.99. The standard InChI is InChI=1S/C12H16N2O/c1-2-14-12(7-8-13-14)10-5-3-4-6-11(15)9-10/h7-9H,2-6H2,1H3. The molecule has 1 aliphatic rings. The van der Waals surface area contributed by atoms with E-state index in [0.29, 0.717) is 6.42 Å². The molecule has 3 heteroatoms. The molecule has 2 rings (SSSR count). The minimum Gasteiger partial charge on any atom is -0.295 e. The molecule has 1 heterocycles. The van der Waals surface area contributed by atoms with E-state index in [1.165, 1.54) is 0 Å². The maximum absolute atomic E-state index is 11.5. The van der Waals surface area contributed by atoms with Crippen molar-refractivity contribution >= 4 is 11.4 Å². The number of ketones is 1. The van der Waals surface area contributed by atoms with Crippen LogP contribution in [0.25, 0.3) is 5.57 Å². The Bertz CT molecular complexity index is 390. The Morgan fingerprint density at radius 2 is 2.20 bits per heavy atom. The van der Waals surface area contributed by atoms with Crippen LogP contribution in [0.1, 0.15) is 38.3 Å². The topological polar surface area (TPSA) is 34.9 Å². The van der Waals surface area contributed by atoms with Crippen LogP contribution in [0.3, 0.4) is 0 Å². The SMILES string of the molecule is CCn1nccc1C1=CC(=O)CCCC1. The van der Waals surface area contributed by atoms with E-state index in [0.717, 1.165) is 37.1 Å². The highest BCUT2D eigenvalue weighted by Gasteiger charge is 2.12. The summed E-state index contributed by atoms with van der Waals surface area (Å²) in [7, 11) is 0. The summed E-state index contributed by atoms with van der Waals surface area (Å²) in [4.78, 5) is 11.5. The van der Waals surface area contributed by atoms with Crippen LogP contribution in [0.4, 0.5) is 0 Å².